The Kier molecular flexibility index (Phi) is 5.36. The van der Waals surface area contributed by atoms with Crippen LogP contribution in [0.25, 0.3) is 10.9 Å². The van der Waals surface area contributed by atoms with Crippen LogP contribution in [0.4, 0.5) is 5.69 Å². The highest BCUT2D eigenvalue weighted by Gasteiger charge is 2.30. The van der Waals surface area contributed by atoms with Gasteiger partial charge in [0.05, 0.1) is 0 Å². The number of hydrogen-bond donors (Lipinski definition) is 3. The number of carboxylic acids is 1. The first kappa shape index (κ1) is 18.6. The fourth-order valence-electron chi connectivity index (χ4n) is 3.57. The smallest absolute Gasteiger partial charge is 0.325 e. The summed E-state index contributed by atoms with van der Waals surface area (Å²) in [6, 6.07) is 13.9. The fourth-order valence-corrected chi connectivity index (χ4v) is 4.50. The molecule has 0 bridgehead atoms. The Balaban J connectivity index is 1.60. The molecule has 1 aliphatic rings. The predicted molar refractivity (Wildman–Crippen MR) is 112 cm³/mol. The molecule has 3 aromatic rings. The van der Waals surface area contributed by atoms with E-state index in [9.17, 15) is 14.7 Å². The predicted octanol–water partition coefficient (Wildman–Crippen LogP) is 3.59. The summed E-state index contributed by atoms with van der Waals surface area (Å²) in [5.41, 5.74) is 2.81. The molecule has 0 spiro atoms. The zero-order valence-electron chi connectivity index (χ0n) is 15.2. The summed E-state index contributed by atoms with van der Waals surface area (Å²) in [6.07, 6.45) is 1.77. The minimum atomic E-state index is -0.839. The van der Waals surface area contributed by atoms with Gasteiger partial charge < -0.3 is 15.4 Å². The number of H-pyrrole nitrogens is 1. The Morgan fingerprint density at radius 2 is 1.86 bits per heavy atom. The van der Waals surface area contributed by atoms with E-state index in [1.165, 1.54) is 0 Å². The molecule has 0 unspecified atom stereocenters. The van der Waals surface area contributed by atoms with Gasteiger partial charge in [-0.15, -0.1) is 0 Å². The molecule has 1 saturated heterocycles. The maximum Gasteiger partial charge on any atom is 0.325 e. The number of carboxylic acid groups (broad SMARTS) is 1. The number of benzene rings is 2. The van der Waals surface area contributed by atoms with E-state index in [4.69, 9.17) is 0 Å². The van der Waals surface area contributed by atoms with E-state index in [2.05, 4.69) is 10.3 Å². The lowest BCUT2D eigenvalue weighted by atomic mass is 10.0. The molecule has 0 aliphatic carbocycles. The van der Waals surface area contributed by atoms with E-state index in [1.807, 2.05) is 53.1 Å². The molecule has 7 heteroatoms. The molecule has 1 amide bonds. The van der Waals surface area contributed by atoms with Gasteiger partial charge in [-0.1, -0.05) is 24.3 Å². The minimum Gasteiger partial charge on any atom is -0.480 e. The van der Waals surface area contributed by atoms with Crippen LogP contribution in [0.3, 0.4) is 0 Å². The van der Waals surface area contributed by atoms with Crippen molar-refractivity contribution in [2.75, 3.05) is 29.9 Å². The maximum absolute atomic E-state index is 12.4. The van der Waals surface area contributed by atoms with Crippen LogP contribution in [-0.4, -0.2) is 51.5 Å². The van der Waals surface area contributed by atoms with Gasteiger partial charge in [0.2, 0.25) is 0 Å². The van der Waals surface area contributed by atoms with Crippen molar-refractivity contribution < 1.29 is 14.7 Å². The third-order valence-corrected chi connectivity index (χ3v) is 5.89. The lowest BCUT2D eigenvalue weighted by Crippen LogP contribution is -2.39. The molecule has 3 N–H and O–H groups in total. The molecule has 0 saturated carbocycles. The van der Waals surface area contributed by atoms with Gasteiger partial charge in [0.15, 0.2) is 0 Å². The molecule has 1 atom stereocenters. The number of aliphatic carboxylic acids is 1. The lowest BCUT2D eigenvalue weighted by Gasteiger charge is -2.31. The van der Waals surface area contributed by atoms with Crippen molar-refractivity contribution in [2.45, 2.75) is 6.04 Å². The number of aromatic nitrogens is 1. The summed E-state index contributed by atoms with van der Waals surface area (Å²) in [5, 5.41) is 13.6. The minimum absolute atomic E-state index is 0.180. The molecule has 1 aliphatic heterocycles. The maximum atomic E-state index is 12.4. The molecular weight excluding hydrogens is 374 g/mol. The van der Waals surface area contributed by atoms with E-state index in [-0.39, 0.29) is 5.91 Å². The molecule has 144 valence electrons. The van der Waals surface area contributed by atoms with Gasteiger partial charge in [-0.05, 0) is 24.3 Å². The Hall–Kier alpha value is -2.77. The van der Waals surface area contributed by atoms with E-state index in [1.54, 1.807) is 18.3 Å². The van der Waals surface area contributed by atoms with Crippen molar-refractivity contribution >= 4 is 40.2 Å². The summed E-state index contributed by atoms with van der Waals surface area (Å²) in [6.45, 7) is 1.53. The number of amides is 1. The summed E-state index contributed by atoms with van der Waals surface area (Å²) >= 11 is 1.85. The van der Waals surface area contributed by atoms with Crippen LogP contribution in [0, 0.1) is 0 Å². The second-order valence-electron chi connectivity index (χ2n) is 6.71. The number of carbonyl (C=O) groups is 2. The third kappa shape index (κ3) is 3.76. The van der Waals surface area contributed by atoms with Crippen LogP contribution in [0.5, 0.6) is 0 Å². The third-order valence-electron chi connectivity index (χ3n) is 4.95. The first-order chi connectivity index (χ1) is 13.6. The van der Waals surface area contributed by atoms with Gasteiger partial charge >= 0.3 is 5.97 Å². The normalized spacial score (nSPS) is 16.0. The number of carbonyl (C=O) groups excluding carboxylic acids is 1. The van der Waals surface area contributed by atoms with Crippen LogP contribution in [0.2, 0.25) is 0 Å². The van der Waals surface area contributed by atoms with Crippen LogP contribution in [0.15, 0.2) is 54.7 Å². The Labute approximate surface area is 166 Å². The SMILES string of the molecule is O=C(Nc1ccc2c([C@H](C(=O)O)N3CCSCC3)c[nH]c2c1)c1ccccc1. The molecule has 28 heavy (non-hydrogen) atoms. The van der Waals surface area contributed by atoms with Crippen molar-refractivity contribution in [1.82, 2.24) is 9.88 Å². The number of aromatic amines is 1. The molecule has 1 fully saturated rings. The van der Waals surface area contributed by atoms with E-state index in [0.717, 1.165) is 41.1 Å². The van der Waals surface area contributed by atoms with E-state index in [0.29, 0.717) is 11.3 Å². The quantitative estimate of drug-likeness (QED) is 0.615. The van der Waals surface area contributed by atoms with Crippen LogP contribution in [-0.2, 0) is 4.79 Å². The Bertz CT molecular complexity index is 997. The average Bonchev–Trinajstić information content (AvgIpc) is 3.12. The highest BCUT2D eigenvalue weighted by atomic mass is 32.2. The number of rotatable bonds is 5. The molecule has 0 radical (unpaired) electrons. The van der Waals surface area contributed by atoms with Crippen LogP contribution in [0.1, 0.15) is 22.0 Å². The largest absolute Gasteiger partial charge is 0.480 e. The highest BCUT2D eigenvalue weighted by molar-refractivity contribution is 7.99. The second-order valence-corrected chi connectivity index (χ2v) is 7.94. The molecule has 2 heterocycles. The number of hydrogen-bond acceptors (Lipinski definition) is 4. The molecule has 4 rings (SSSR count). The van der Waals surface area contributed by atoms with E-state index < -0.39 is 12.0 Å². The zero-order chi connectivity index (χ0) is 19.5. The average molecular weight is 395 g/mol. The summed E-state index contributed by atoms with van der Waals surface area (Å²) in [5.74, 6) is 0.874. The highest BCUT2D eigenvalue weighted by Crippen LogP contribution is 2.31. The van der Waals surface area contributed by atoms with Gasteiger partial charge in [0, 0.05) is 58.5 Å². The van der Waals surface area contributed by atoms with E-state index >= 15 is 0 Å². The number of anilines is 1. The summed E-state index contributed by atoms with van der Waals surface area (Å²) in [7, 11) is 0. The van der Waals surface area contributed by atoms with Gasteiger partial charge in [0.1, 0.15) is 6.04 Å². The number of nitrogens with zero attached hydrogens (tertiary/aromatic N) is 1. The van der Waals surface area contributed by atoms with Gasteiger partial charge in [-0.2, -0.15) is 11.8 Å². The summed E-state index contributed by atoms with van der Waals surface area (Å²) < 4.78 is 0. The monoisotopic (exact) mass is 395 g/mol. The first-order valence-corrected chi connectivity index (χ1v) is 10.3. The van der Waals surface area contributed by atoms with Gasteiger partial charge in [-0.25, -0.2) is 0 Å². The van der Waals surface area contributed by atoms with Gasteiger partial charge in [0.25, 0.3) is 5.91 Å². The standard InChI is InChI=1S/C21H21N3O3S/c25-20(14-4-2-1-3-5-14)23-15-6-7-16-17(13-22-18(16)12-15)19(21(26)27)24-8-10-28-11-9-24/h1-7,12-13,19,22H,8-11H2,(H,23,25)(H,26,27)/t19-/m1/s1. The Morgan fingerprint density at radius 3 is 2.57 bits per heavy atom. The van der Waals surface area contributed by atoms with Crippen LogP contribution >= 0.6 is 11.8 Å². The number of thioether (sulfide) groups is 1. The first-order valence-electron chi connectivity index (χ1n) is 9.15. The summed E-state index contributed by atoms with van der Waals surface area (Å²) in [4.78, 5) is 29.5. The number of fused-ring (bicyclic) bond motifs is 1. The van der Waals surface area contributed by atoms with Gasteiger partial charge in [-0.3, -0.25) is 14.5 Å². The van der Waals surface area contributed by atoms with Crippen molar-refractivity contribution in [3.05, 3.63) is 65.9 Å². The second kappa shape index (κ2) is 8.08. The Morgan fingerprint density at radius 1 is 1.11 bits per heavy atom. The van der Waals surface area contributed by atoms with Crippen molar-refractivity contribution in [3.63, 3.8) is 0 Å². The topological polar surface area (TPSA) is 85.4 Å². The molecule has 6 nitrogen and oxygen atoms in total. The van der Waals surface area contributed by atoms with Crippen molar-refractivity contribution in [3.8, 4) is 0 Å². The lowest BCUT2D eigenvalue weighted by molar-refractivity contribution is -0.143. The van der Waals surface area contributed by atoms with Crippen LogP contribution < -0.4 is 5.32 Å². The van der Waals surface area contributed by atoms with Crippen molar-refractivity contribution in [2.24, 2.45) is 0 Å². The molecule has 1 aromatic heterocycles. The fraction of sp³-hybridized carbons (Fsp3) is 0.238. The molecule has 2 aromatic carbocycles. The molecular formula is C21H21N3O3S. The number of nitrogens with one attached hydrogen (secondary N) is 2. The zero-order valence-corrected chi connectivity index (χ0v) is 16.0. The van der Waals surface area contributed by atoms with Crippen molar-refractivity contribution in [1.29, 1.82) is 0 Å².